The first-order valence-electron chi connectivity index (χ1n) is 5.80. The standard InChI is InChI=1S/C14H11IO5/c15-11-6-9-5-10(2-1-8(9)7-12(11)16)20-14(19)4-3-13(17)18/h1-2,5-7,16H,3-4H2,(H,17,18). The fraction of sp³-hybridized carbons (Fsp3) is 0.143. The number of esters is 1. The van der Waals surface area contributed by atoms with Crippen molar-refractivity contribution in [2.45, 2.75) is 12.8 Å². The lowest BCUT2D eigenvalue weighted by atomic mass is 10.1. The predicted octanol–water partition coefficient (Wildman–Crippen LogP) is 2.92. The Balaban J connectivity index is 2.17. The lowest BCUT2D eigenvalue weighted by Crippen LogP contribution is -2.10. The normalized spacial score (nSPS) is 10.4. The Morgan fingerprint density at radius 2 is 1.85 bits per heavy atom. The summed E-state index contributed by atoms with van der Waals surface area (Å²) in [5, 5.41) is 19.8. The van der Waals surface area contributed by atoms with Crippen LogP contribution in [0, 0.1) is 3.57 Å². The summed E-state index contributed by atoms with van der Waals surface area (Å²) in [6, 6.07) is 8.42. The van der Waals surface area contributed by atoms with Gasteiger partial charge in [0, 0.05) is 0 Å². The zero-order valence-corrected chi connectivity index (χ0v) is 12.5. The van der Waals surface area contributed by atoms with Gasteiger partial charge in [-0.25, -0.2) is 0 Å². The first kappa shape index (κ1) is 14.6. The third-order valence-corrected chi connectivity index (χ3v) is 3.52. The van der Waals surface area contributed by atoms with Gasteiger partial charge in [-0.05, 0) is 57.6 Å². The lowest BCUT2D eigenvalue weighted by molar-refractivity contribution is -0.142. The number of carboxylic acid groups (broad SMARTS) is 1. The van der Waals surface area contributed by atoms with E-state index in [1.807, 2.05) is 22.6 Å². The van der Waals surface area contributed by atoms with Gasteiger partial charge >= 0.3 is 11.9 Å². The first-order chi connectivity index (χ1) is 9.45. The molecule has 0 fully saturated rings. The molecule has 2 N–H and O–H groups in total. The van der Waals surface area contributed by atoms with Gasteiger partial charge in [0.25, 0.3) is 0 Å². The van der Waals surface area contributed by atoms with Crippen molar-refractivity contribution in [3.05, 3.63) is 33.9 Å². The monoisotopic (exact) mass is 386 g/mol. The minimum atomic E-state index is -1.04. The van der Waals surface area contributed by atoms with E-state index in [9.17, 15) is 14.7 Å². The van der Waals surface area contributed by atoms with Gasteiger partial charge in [-0.15, -0.1) is 0 Å². The molecule has 0 unspecified atom stereocenters. The molecule has 0 saturated carbocycles. The van der Waals surface area contributed by atoms with Crippen LogP contribution in [0.25, 0.3) is 10.8 Å². The fourth-order valence-corrected chi connectivity index (χ4v) is 2.18. The van der Waals surface area contributed by atoms with Crippen LogP contribution in [-0.4, -0.2) is 22.2 Å². The summed E-state index contributed by atoms with van der Waals surface area (Å²) >= 11 is 2.01. The Kier molecular flexibility index (Phi) is 4.43. The van der Waals surface area contributed by atoms with Crippen molar-refractivity contribution in [2.24, 2.45) is 0 Å². The lowest BCUT2D eigenvalue weighted by Gasteiger charge is -2.06. The van der Waals surface area contributed by atoms with Gasteiger partial charge in [0.1, 0.15) is 11.5 Å². The summed E-state index contributed by atoms with van der Waals surface area (Å²) in [7, 11) is 0. The highest BCUT2D eigenvalue weighted by atomic mass is 127. The number of benzene rings is 2. The van der Waals surface area contributed by atoms with Crippen molar-refractivity contribution in [3.8, 4) is 11.5 Å². The van der Waals surface area contributed by atoms with Gasteiger partial charge in [-0.1, -0.05) is 6.07 Å². The average Bonchev–Trinajstić information content (AvgIpc) is 2.38. The Bertz CT molecular complexity index is 681. The Morgan fingerprint density at radius 1 is 1.10 bits per heavy atom. The van der Waals surface area contributed by atoms with Crippen LogP contribution in [0.3, 0.4) is 0 Å². The highest BCUT2D eigenvalue weighted by Gasteiger charge is 2.09. The predicted molar refractivity (Wildman–Crippen MR) is 80.8 cm³/mol. The molecule has 2 aromatic rings. The third kappa shape index (κ3) is 3.60. The van der Waals surface area contributed by atoms with Gasteiger partial charge in [0.15, 0.2) is 0 Å². The van der Waals surface area contributed by atoms with E-state index in [0.717, 1.165) is 10.8 Å². The van der Waals surface area contributed by atoms with E-state index in [4.69, 9.17) is 9.84 Å². The Labute approximate surface area is 128 Å². The van der Waals surface area contributed by atoms with Gasteiger partial charge in [-0.2, -0.15) is 0 Å². The van der Waals surface area contributed by atoms with Crippen LogP contribution < -0.4 is 4.74 Å². The maximum Gasteiger partial charge on any atom is 0.311 e. The first-order valence-corrected chi connectivity index (χ1v) is 6.88. The molecule has 0 atom stereocenters. The number of fused-ring (bicyclic) bond motifs is 1. The zero-order chi connectivity index (χ0) is 14.7. The SMILES string of the molecule is O=C(O)CCC(=O)Oc1ccc2cc(O)c(I)cc2c1. The number of carboxylic acids is 1. The number of hydrogen-bond acceptors (Lipinski definition) is 4. The average molecular weight is 386 g/mol. The number of phenolic OH excluding ortho intramolecular Hbond substituents is 1. The summed E-state index contributed by atoms with van der Waals surface area (Å²) in [6.45, 7) is 0. The maximum atomic E-state index is 11.4. The van der Waals surface area contributed by atoms with Crippen molar-refractivity contribution in [3.63, 3.8) is 0 Å². The summed E-state index contributed by atoms with van der Waals surface area (Å²) in [6.07, 6.45) is -0.418. The Hall–Kier alpha value is -1.83. The van der Waals surface area contributed by atoms with Gasteiger partial charge in [0.05, 0.1) is 16.4 Å². The molecule has 6 heteroatoms. The largest absolute Gasteiger partial charge is 0.507 e. The molecule has 0 amide bonds. The van der Waals surface area contributed by atoms with E-state index >= 15 is 0 Å². The van der Waals surface area contributed by atoms with E-state index in [2.05, 4.69) is 0 Å². The molecule has 5 nitrogen and oxygen atoms in total. The number of carbonyl (C=O) groups excluding carboxylic acids is 1. The molecule has 0 radical (unpaired) electrons. The molecule has 0 saturated heterocycles. The number of carbonyl (C=O) groups is 2. The van der Waals surface area contributed by atoms with Crippen LogP contribution >= 0.6 is 22.6 Å². The fourth-order valence-electron chi connectivity index (χ4n) is 1.69. The second-order valence-electron chi connectivity index (χ2n) is 4.18. The van der Waals surface area contributed by atoms with E-state index in [1.165, 1.54) is 0 Å². The highest BCUT2D eigenvalue weighted by molar-refractivity contribution is 14.1. The van der Waals surface area contributed by atoms with Crippen molar-refractivity contribution < 1.29 is 24.5 Å². The van der Waals surface area contributed by atoms with E-state index < -0.39 is 11.9 Å². The number of ether oxygens (including phenoxy) is 1. The molecule has 0 spiro atoms. The van der Waals surface area contributed by atoms with Crippen molar-refractivity contribution in [1.29, 1.82) is 0 Å². The molecule has 0 aliphatic rings. The topological polar surface area (TPSA) is 83.8 Å². The smallest absolute Gasteiger partial charge is 0.311 e. The van der Waals surface area contributed by atoms with Crippen molar-refractivity contribution in [2.75, 3.05) is 0 Å². The van der Waals surface area contributed by atoms with Crippen LogP contribution in [0.1, 0.15) is 12.8 Å². The quantitative estimate of drug-likeness (QED) is 0.480. The minimum absolute atomic E-state index is 0.166. The molecular formula is C14H11IO5. The number of aromatic hydroxyl groups is 1. The van der Waals surface area contributed by atoms with E-state index in [1.54, 1.807) is 30.3 Å². The number of phenols is 1. The summed E-state index contributed by atoms with van der Waals surface area (Å²) < 4.78 is 5.77. The molecule has 2 aromatic carbocycles. The number of hydrogen-bond donors (Lipinski definition) is 2. The molecule has 0 aliphatic heterocycles. The van der Waals surface area contributed by atoms with Crippen LogP contribution in [0.2, 0.25) is 0 Å². The van der Waals surface area contributed by atoms with Gasteiger partial charge in [-0.3, -0.25) is 9.59 Å². The zero-order valence-electron chi connectivity index (χ0n) is 10.3. The molecule has 2 rings (SSSR count). The maximum absolute atomic E-state index is 11.4. The van der Waals surface area contributed by atoms with E-state index in [-0.39, 0.29) is 18.6 Å². The van der Waals surface area contributed by atoms with Crippen LogP contribution in [0.5, 0.6) is 11.5 Å². The summed E-state index contributed by atoms with van der Waals surface area (Å²) in [5.74, 6) is -1.07. The van der Waals surface area contributed by atoms with Crippen LogP contribution in [-0.2, 0) is 9.59 Å². The summed E-state index contributed by atoms with van der Waals surface area (Å²) in [5.41, 5.74) is 0. The van der Waals surface area contributed by atoms with E-state index in [0.29, 0.717) is 9.32 Å². The molecule has 0 aromatic heterocycles. The second-order valence-corrected chi connectivity index (χ2v) is 5.34. The third-order valence-electron chi connectivity index (χ3n) is 2.65. The number of aliphatic carboxylic acids is 1. The van der Waals surface area contributed by atoms with Crippen molar-refractivity contribution >= 4 is 45.3 Å². The summed E-state index contributed by atoms with van der Waals surface area (Å²) in [4.78, 5) is 21.8. The number of halogens is 1. The van der Waals surface area contributed by atoms with Gasteiger partial charge in [0.2, 0.25) is 0 Å². The Morgan fingerprint density at radius 3 is 2.55 bits per heavy atom. The molecule has 0 aliphatic carbocycles. The molecule has 0 bridgehead atoms. The minimum Gasteiger partial charge on any atom is -0.507 e. The molecule has 20 heavy (non-hydrogen) atoms. The highest BCUT2D eigenvalue weighted by Crippen LogP contribution is 2.28. The molecule has 0 heterocycles. The van der Waals surface area contributed by atoms with Gasteiger partial charge < -0.3 is 14.9 Å². The number of rotatable bonds is 4. The second kappa shape index (κ2) is 6.08. The molecular weight excluding hydrogens is 375 g/mol. The van der Waals surface area contributed by atoms with Crippen molar-refractivity contribution in [1.82, 2.24) is 0 Å². The van der Waals surface area contributed by atoms with Crippen LogP contribution in [0.4, 0.5) is 0 Å². The van der Waals surface area contributed by atoms with Crippen LogP contribution in [0.15, 0.2) is 30.3 Å². The molecule has 104 valence electrons.